The molecule has 6 heteroatoms. The van der Waals surface area contributed by atoms with Gasteiger partial charge in [0, 0.05) is 0 Å². The van der Waals surface area contributed by atoms with E-state index in [-0.39, 0.29) is 16.9 Å². The molecule has 0 N–H and O–H groups in total. The summed E-state index contributed by atoms with van der Waals surface area (Å²) in [5, 5.41) is -1.24. The molecule has 0 amide bonds. The van der Waals surface area contributed by atoms with Crippen molar-refractivity contribution >= 4 is 15.8 Å². The predicted octanol–water partition coefficient (Wildman–Crippen LogP) is 2.64. The maximum absolute atomic E-state index is 13.2. The van der Waals surface area contributed by atoms with E-state index in [0.29, 0.717) is 6.42 Å². The maximum Gasteiger partial charge on any atom is 0.324 e. The van der Waals surface area contributed by atoms with E-state index in [4.69, 9.17) is 0 Å². The largest absolute Gasteiger partial charge is 0.468 e. The summed E-state index contributed by atoms with van der Waals surface area (Å²) in [5.74, 6) is -1.26. The summed E-state index contributed by atoms with van der Waals surface area (Å²) in [4.78, 5) is 11.7. The lowest BCUT2D eigenvalue weighted by Gasteiger charge is -2.15. The van der Waals surface area contributed by atoms with Gasteiger partial charge in [-0.15, -0.1) is 0 Å². The number of ether oxygens (including phenoxy) is 1. The number of hydrogen-bond acceptors (Lipinski definition) is 4. The van der Waals surface area contributed by atoms with Crippen molar-refractivity contribution in [2.45, 2.75) is 43.3 Å². The molecule has 112 valence electrons. The lowest BCUT2D eigenvalue weighted by Crippen LogP contribution is -2.31. The zero-order valence-corrected chi connectivity index (χ0v) is 12.7. The Morgan fingerprint density at radius 3 is 2.55 bits per heavy atom. The summed E-state index contributed by atoms with van der Waals surface area (Å²) in [6, 6.07) is 3.52. The van der Waals surface area contributed by atoms with Crippen molar-refractivity contribution in [3.63, 3.8) is 0 Å². The highest BCUT2D eigenvalue weighted by molar-refractivity contribution is 7.92. The number of rotatable bonds is 6. The number of carbonyl (C=O) groups is 1. The number of carbonyl (C=O) groups excluding carboxylic acids is 1. The van der Waals surface area contributed by atoms with Gasteiger partial charge in [-0.3, -0.25) is 4.79 Å². The van der Waals surface area contributed by atoms with Crippen molar-refractivity contribution in [3.05, 3.63) is 29.6 Å². The van der Waals surface area contributed by atoms with Gasteiger partial charge in [-0.1, -0.05) is 19.8 Å². The van der Waals surface area contributed by atoms with Crippen LogP contribution >= 0.6 is 0 Å². The second-order valence-corrected chi connectivity index (χ2v) is 6.74. The van der Waals surface area contributed by atoms with Gasteiger partial charge in [-0.05, 0) is 37.1 Å². The van der Waals surface area contributed by atoms with E-state index in [0.717, 1.165) is 19.6 Å². The highest BCUT2D eigenvalue weighted by Gasteiger charge is 2.34. The fraction of sp³-hybridized carbons (Fsp3) is 0.500. The number of aryl methyl sites for hydroxylation is 1. The zero-order valence-electron chi connectivity index (χ0n) is 11.8. The van der Waals surface area contributed by atoms with Crippen LogP contribution in [0.25, 0.3) is 0 Å². The van der Waals surface area contributed by atoms with E-state index < -0.39 is 26.9 Å². The van der Waals surface area contributed by atoms with Gasteiger partial charge >= 0.3 is 5.97 Å². The van der Waals surface area contributed by atoms with Crippen LogP contribution in [0.2, 0.25) is 0 Å². The first kappa shape index (κ1) is 16.6. The molecule has 0 aliphatic heterocycles. The average Bonchev–Trinajstić information content (AvgIpc) is 2.41. The molecule has 0 saturated carbocycles. The molecular formula is C14H19FO4S. The third kappa shape index (κ3) is 3.56. The molecule has 1 unspecified atom stereocenters. The monoisotopic (exact) mass is 302 g/mol. The van der Waals surface area contributed by atoms with Crippen LogP contribution in [0.3, 0.4) is 0 Å². The van der Waals surface area contributed by atoms with Gasteiger partial charge in [0.15, 0.2) is 15.1 Å². The molecule has 20 heavy (non-hydrogen) atoms. The third-order valence-electron chi connectivity index (χ3n) is 3.12. The molecule has 0 bridgehead atoms. The molecule has 0 heterocycles. The van der Waals surface area contributed by atoms with E-state index >= 15 is 0 Å². The van der Waals surface area contributed by atoms with E-state index in [1.54, 1.807) is 0 Å². The molecule has 0 aliphatic carbocycles. The summed E-state index contributed by atoms with van der Waals surface area (Å²) in [7, 11) is -2.71. The topological polar surface area (TPSA) is 60.4 Å². The number of unbranched alkanes of at least 4 members (excludes halogenated alkanes) is 1. The molecule has 1 aromatic rings. The SMILES string of the molecule is CCCCC(C(=O)OC)S(=O)(=O)c1ccc(F)c(C)c1. The van der Waals surface area contributed by atoms with Crippen molar-refractivity contribution in [2.24, 2.45) is 0 Å². The van der Waals surface area contributed by atoms with Gasteiger partial charge in [-0.25, -0.2) is 12.8 Å². The fourth-order valence-corrected chi connectivity index (χ4v) is 3.63. The van der Waals surface area contributed by atoms with Crippen LogP contribution in [0.1, 0.15) is 31.7 Å². The van der Waals surface area contributed by atoms with Crippen LogP contribution in [0.15, 0.2) is 23.1 Å². The highest BCUT2D eigenvalue weighted by atomic mass is 32.2. The van der Waals surface area contributed by atoms with E-state index in [1.807, 2.05) is 6.92 Å². The first-order valence-electron chi connectivity index (χ1n) is 6.42. The summed E-state index contributed by atoms with van der Waals surface area (Å²) in [5.41, 5.74) is 0.227. The van der Waals surface area contributed by atoms with Crippen LogP contribution in [0.5, 0.6) is 0 Å². The first-order valence-corrected chi connectivity index (χ1v) is 7.97. The van der Waals surface area contributed by atoms with Crippen molar-refractivity contribution < 1.29 is 22.3 Å². The standard InChI is InChI=1S/C14H19FO4S/c1-4-5-6-13(14(16)19-3)20(17,18)11-7-8-12(15)10(2)9-11/h7-9,13H,4-6H2,1-3H3. The minimum absolute atomic E-state index is 0.0529. The Bertz CT molecular complexity index is 581. The average molecular weight is 302 g/mol. The molecule has 0 radical (unpaired) electrons. The fourth-order valence-electron chi connectivity index (χ4n) is 1.88. The van der Waals surface area contributed by atoms with Gasteiger partial charge in [-0.2, -0.15) is 0 Å². The molecule has 1 atom stereocenters. The van der Waals surface area contributed by atoms with E-state index in [2.05, 4.69) is 4.74 Å². The minimum Gasteiger partial charge on any atom is -0.468 e. The zero-order chi connectivity index (χ0) is 15.3. The van der Waals surface area contributed by atoms with Crippen LogP contribution in [0.4, 0.5) is 4.39 Å². The smallest absolute Gasteiger partial charge is 0.324 e. The maximum atomic E-state index is 13.2. The van der Waals surface area contributed by atoms with Gasteiger partial charge < -0.3 is 4.74 Å². The van der Waals surface area contributed by atoms with Gasteiger partial charge in [0.25, 0.3) is 0 Å². The van der Waals surface area contributed by atoms with Crippen molar-refractivity contribution in [2.75, 3.05) is 7.11 Å². The molecule has 0 saturated heterocycles. The lowest BCUT2D eigenvalue weighted by molar-refractivity contribution is -0.140. The van der Waals surface area contributed by atoms with Crippen LogP contribution in [0, 0.1) is 12.7 Å². The number of halogens is 1. The van der Waals surface area contributed by atoms with Crippen LogP contribution in [-0.4, -0.2) is 26.7 Å². The van der Waals surface area contributed by atoms with Crippen molar-refractivity contribution in [3.8, 4) is 0 Å². The summed E-state index contributed by atoms with van der Waals surface area (Å²) in [6.45, 7) is 3.39. The van der Waals surface area contributed by atoms with Gasteiger partial charge in [0.1, 0.15) is 5.82 Å². The third-order valence-corrected chi connectivity index (χ3v) is 5.20. The van der Waals surface area contributed by atoms with Crippen molar-refractivity contribution in [1.29, 1.82) is 0 Å². The summed E-state index contributed by atoms with van der Waals surface area (Å²) in [6.07, 6.45) is 1.56. The van der Waals surface area contributed by atoms with Crippen molar-refractivity contribution in [1.82, 2.24) is 0 Å². The molecule has 0 aromatic heterocycles. The van der Waals surface area contributed by atoms with Gasteiger partial charge in [0.2, 0.25) is 0 Å². The Hall–Kier alpha value is -1.43. The second-order valence-electron chi connectivity index (χ2n) is 4.61. The normalized spacial score (nSPS) is 13.0. The first-order chi connectivity index (χ1) is 9.34. The Labute approximate surface area is 118 Å². The number of hydrogen-bond donors (Lipinski definition) is 0. The molecule has 0 spiro atoms. The number of benzene rings is 1. The quantitative estimate of drug-likeness (QED) is 0.598. The highest BCUT2D eigenvalue weighted by Crippen LogP contribution is 2.23. The summed E-state index contributed by atoms with van der Waals surface area (Å²) >= 11 is 0. The molecule has 4 nitrogen and oxygen atoms in total. The van der Waals surface area contributed by atoms with Crippen LogP contribution in [-0.2, 0) is 19.4 Å². The molecular weight excluding hydrogens is 283 g/mol. The van der Waals surface area contributed by atoms with Gasteiger partial charge in [0.05, 0.1) is 12.0 Å². The molecule has 0 fully saturated rings. The number of sulfone groups is 1. The molecule has 0 aliphatic rings. The van der Waals surface area contributed by atoms with E-state index in [1.165, 1.54) is 19.1 Å². The predicted molar refractivity (Wildman–Crippen MR) is 73.7 cm³/mol. The number of esters is 1. The molecule has 1 rings (SSSR count). The Kier molecular flexibility index (Phi) is 5.68. The lowest BCUT2D eigenvalue weighted by atomic mass is 10.2. The van der Waals surface area contributed by atoms with Crippen LogP contribution < -0.4 is 0 Å². The Morgan fingerprint density at radius 2 is 2.05 bits per heavy atom. The summed E-state index contributed by atoms with van der Waals surface area (Å²) < 4.78 is 42.8. The minimum atomic E-state index is -3.87. The Balaban J connectivity index is 3.21. The second kappa shape index (κ2) is 6.83. The number of methoxy groups -OCH3 is 1. The molecule has 1 aromatic carbocycles. The van der Waals surface area contributed by atoms with E-state index in [9.17, 15) is 17.6 Å². The Morgan fingerprint density at radius 1 is 1.40 bits per heavy atom.